The minimum absolute atomic E-state index is 0.265. The number of aromatic nitrogens is 2. The highest BCUT2D eigenvalue weighted by Gasteiger charge is 2.13. The Hall–Kier alpha value is -2.54. The van der Waals surface area contributed by atoms with Crippen molar-refractivity contribution < 1.29 is 14.2 Å². The lowest BCUT2D eigenvalue weighted by atomic mass is 10.3. The second-order valence-electron chi connectivity index (χ2n) is 5.15. The van der Waals surface area contributed by atoms with E-state index in [0.717, 1.165) is 48.4 Å². The number of anilines is 3. The number of methoxy groups -OCH3 is 1. The van der Waals surface area contributed by atoms with Gasteiger partial charge in [0.15, 0.2) is 11.5 Å². The Kier molecular flexibility index (Phi) is 4.77. The van der Waals surface area contributed by atoms with Gasteiger partial charge in [-0.05, 0) is 25.5 Å². The molecule has 2 N–H and O–H groups in total. The maximum Gasteiger partial charge on any atom is 0.231 e. The standard InChI is InChI=1S/C16H20N4O3/c1-11-18-15(17-6-3-7-21-2)9-16(19-11)20-12-4-5-13-14(8-12)23-10-22-13/h4-5,8-9H,3,6-7,10H2,1-2H3,(H2,17,18,19,20). The molecule has 0 radical (unpaired) electrons. The lowest BCUT2D eigenvalue weighted by Gasteiger charge is -2.10. The van der Waals surface area contributed by atoms with E-state index < -0.39 is 0 Å². The number of benzene rings is 1. The van der Waals surface area contributed by atoms with Gasteiger partial charge < -0.3 is 24.8 Å². The normalized spacial score (nSPS) is 12.3. The van der Waals surface area contributed by atoms with Crippen LogP contribution in [0.3, 0.4) is 0 Å². The molecule has 0 saturated heterocycles. The Labute approximate surface area is 135 Å². The third-order valence-corrected chi connectivity index (χ3v) is 3.31. The van der Waals surface area contributed by atoms with Crippen molar-refractivity contribution in [1.82, 2.24) is 9.97 Å². The van der Waals surface area contributed by atoms with Crippen LogP contribution in [0.25, 0.3) is 0 Å². The van der Waals surface area contributed by atoms with E-state index in [0.29, 0.717) is 5.82 Å². The molecule has 1 aromatic carbocycles. The molecule has 23 heavy (non-hydrogen) atoms. The van der Waals surface area contributed by atoms with Gasteiger partial charge in [-0.1, -0.05) is 0 Å². The van der Waals surface area contributed by atoms with Crippen LogP contribution in [0.2, 0.25) is 0 Å². The van der Waals surface area contributed by atoms with Crippen LogP contribution < -0.4 is 20.1 Å². The summed E-state index contributed by atoms with van der Waals surface area (Å²) in [7, 11) is 1.70. The first kappa shape index (κ1) is 15.4. The molecule has 0 unspecified atom stereocenters. The number of nitrogens with one attached hydrogen (secondary N) is 2. The van der Waals surface area contributed by atoms with Gasteiger partial charge in [0.05, 0.1) is 0 Å². The summed E-state index contributed by atoms with van der Waals surface area (Å²) in [5.41, 5.74) is 0.887. The fraction of sp³-hybridized carbons (Fsp3) is 0.375. The Balaban J connectivity index is 1.68. The average Bonchev–Trinajstić information content (AvgIpc) is 2.99. The van der Waals surface area contributed by atoms with Crippen LogP contribution in [0.4, 0.5) is 17.3 Å². The van der Waals surface area contributed by atoms with Crippen LogP contribution in [0, 0.1) is 6.92 Å². The maximum atomic E-state index is 5.38. The molecule has 2 heterocycles. The van der Waals surface area contributed by atoms with Gasteiger partial charge in [0.1, 0.15) is 17.5 Å². The van der Waals surface area contributed by atoms with Crippen molar-refractivity contribution in [2.24, 2.45) is 0 Å². The van der Waals surface area contributed by atoms with Gasteiger partial charge in [-0.3, -0.25) is 0 Å². The fourth-order valence-electron chi connectivity index (χ4n) is 2.28. The number of rotatable bonds is 7. The number of hydrogen-bond donors (Lipinski definition) is 2. The van der Waals surface area contributed by atoms with Crippen LogP contribution in [0.1, 0.15) is 12.2 Å². The molecule has 0 atom stereocenters. The molecule has 7 heteroatoms. The minimum atomic E-state index is 0.265. The van der Waals surface area contributed by atoms with Gasteiger partial charge >= 0.3 is 0 Å². The second-order valence-corrected chi connectivity index (χ2v) is 5.15. The molecule has 0 bridgehead atoms. The summed E-state index contributed by atoms with van der Waals surface area (Å²) in [5.74, 6) is 3.71. The zero-order valence-electron chi connectivity index (χ0n) is 13.3. The highest BCUT2D eigenvalue weighted by Crippen LogP contribution is 2.35. The van der Waals surface area contributed by atoms with Crippen LogP contribution in [0.5, 0.6) is 11.5 Å². The van der Waals surface area contributed by atoms with Crippen molar-refractivity contribution in [2.75, 3.05) is 37.7 Å². The van der Waals surface area contributed by atoms with Crippen LogP contribution >= 0.6 is 0 Å². The third-order valence-electron chi connectivity index (χ3n) is 3.31. The molecular formula is C16H20N4O3. The van der Waals surface area contributed by atoms with Crippen molar-refractivity contribution >= 4 is 17.3 Å². The Morgan fingerprint density at radius 1 is 1.13 bits per heavy atom. The van der Waals surface area contributed by atoms with E-state index in [2.05, 4.69) is 20.6 Å². The van der Waals surface area contributed by atoms with Gasteiger partial charge in [0.25, 0.3) is 0 Å². The summed E-state index contributed by atoms with van der Waals surface area (Å²) >= 11 is 0. The lowest BCUT2D eigenvalue weighted by molar-refractivity contribution is 0.174. The van der Waals surface area contributed by atoms with Gasteiger partial charge in [0.2, 0.25) is 6.79 Å². The fourth-order valence-corrected chi connectivity index (χ4v) is 2.28. The monoisotopic (exact) mass is 316 g/mol. The molecule has 7 nitrogen and oxygen atoms in total. The van der Waals surface area contributed by atoms with Crippen molar-refractivity contribution in [3.8, 4) is 11.5 Å². The van der Waals surface area contributed by atoms with E-state index in [4.69, 9.17) is 14.2 Å². The summed E-state index contributed by atoms with van der Waals surface area (Å²) < 4.78 is 15.7. The number of hydrogen-bond acceptors (Lipinski definition) is 7. The molecule has 2 aromatic rings. The quantitative estimate of drug-likeness (QED) is 0.760. The molecule has 1 aliphatic heterocycles. The van der Waals surface area contributed by atoms with Crippen LogP contribution in [-0.2, 0) is 4.74 Å². The molecule has 1 aromatic heterocycles. The van der Waals surface area contributed by atoms with E-state index in [9.17, 15) is 0 Å². The van der Waals surface area contributed by atoms with Gasteiger partial charge in [-0.25, -0.2) is 9.97 Å². The average molecular weight is 316 g/mol. The Morgan fingerprint density at radius 3 is 2.83 bits per heavy atom. The Bertz CT molecular complexity index is 678. The van der Waals surface area contributed by atoms with Crippen molar-refractivity contribution in [3.63, 3.8) is 0 Å². The zero-order chi connectivity index (χ0) is 16.1. The number of nitrogens with zero attached hydrogens (tertiary/aromatic N) is 2. The summed E-state index contributed by atoms with van der Waals surface area (Å²) in [4.78, 5) is 8.79. The SMILES string of the molecule is COCCCNc1cc(Nc2ccc3c(c2)OCO3)nc(C)n1. The zero-order valence-corrected chi connectivity index (χ0v) is 13.3. The minimum Gasteiger partial charge on any atom is -0.454 e. The predicted molar refractivity (Wildman–Crippen MR) is 87.6 cm³/mol. The third kappa shape index (κ3) is 4.01. The molecule has 0 fully saturated rings. The topological polar surface area (TPSA) is 77.5 Å². The summed E-state index contributed by atoms with van der Waals surface area (Å²) in [5, 5.41) is 6.54. The van der Waals surface area contributed by atoms with E-state index >= 15 is 0 Å². The van der Waals surface area contributed by atoms with Crippen molar-refractivity contribution in [1.29, 1.82) is 0 Å². The summed E-state index contributed by atoms with van der Waals surface area (Å²) in [6.07, 6.45) is 0.921. The predicted octanol–water partition coefficient (Wildman–Crippen LogP) is 2.71. The molecule has 0 aliphatic carbocycles. The molecule has 122 valence electrons. The number of fused-ring (bicyclic) bond motifs is 1. The number of aryl methyl sites for hydroxylation is 1. The lowest BCUT2D eigenvalue weighted by Crippen LogP contribution is -2.08. The highest BCUT2D eigenvalue weighted by molar-refractivity contribution is 5.63. The summed E-state index contributed by atoms with van der Waals surface area (Å²) in [6, 6.07) is 7.58. The number of ether oxygens (including phenoxy) is 3. The first-order valence-corrected chi connectivity index (χ1v) is 7.50. The molecular weight excluding hydrogens is 296 g/mol. The smallest absolute Gasteiger partial charge is 0.231 e. The molecule has 0 spiro atoms. The van der Waals surface area contributed by atoms with Gasteiger partial charge in [-0.15, -0.1) is 0 Å². The van der Waals surface area contributed by atoms with Crippen LogP contribution in [0.15, 0.2) is 24.3 Å². The molecule has 3 rings (SSSR count). The van der Waals surface area contributed by atoms with Gasteiger partial charge in [0, 0.05) is 38.1 Å². The first-order chi connectivity index (χ1) is 11.2. The maximum absolute atomic E-state index is 5.38. The first-order valence-electron chi connectivity index (χ1n) is 7.50. The van der Waals surface area contributed by atoms with Crippen molar-refractivity contribution in [3.05, 3.63) is 30.1 Å². The van der Waals surface area contributed by atoms with Gasteiger partial charge in [-0.2, -0.15) is 0 Å². The van der Waals surface area contributed by atoms with Crippen molar-refractivity contribution in [2.45, 2.75) is 13.3 Å². The highest BCUT2D eigenvalue weighted by atomic mass is 16.7. The van der Waals surface area contributed by atoms with E-state index in [1.54, 1.807) is 7.11 Å². The van der Waals surface area contributed by atoms with E-state index in [1.165, 1.54) is 0 Å². The molecule has 0 saturated carbocycles. The van der Waals surface area contributed by atoms with Crippen LogP contribution in [-0.4, -0.2) is 37.0 Å². The molecule has 1 aliphatic rings. The van der Waals surface area contributed by atoms with E-state index in [-0.39, 0.29) is 6.79 Å². The second kappa shape index (κ2) is 7.15. The molecule has 0 amide bonds. The Morgan fingerprint density at radius 2 is 1.96 bits per heavy atom. The largest absolute Gasteiger partial charge is 0.454 e. The van der Waals surface area contributed by atoms with E-state index in [1.807, 2.05) is 31.2 Å². The summed E-state index contributed by atoms with van der Waals surface area (Å²) in [6.45, 7) is 3.65.